The first-order valence-electron chi connectivity index (χ1n) is 6.42. The Labute approximate surface area is 123 Å². The lowest BCUT2D eigenvalue weighted by Gasteiger charge is -2.15. The molecule has 0 aliphatic rings. The maximum absolute atomic E-state index is 11.0. The molecule has 0 heterocycles. The normalized spacial score (nSPS) is 12.0. The summed E-state index contributed by atoms with van der Waals surface area (Å²) in [6.45, 7) is 1.44. The summed E-state index contributed by atoms with van der Waals surface area (Å²) < 4.78 is 26.9. The van der Waals surface area contributed by atoms with Gasteiger partial charge in [0.25, 0.3) is 0 Å². The fraction of sp³-hybridized carbons (Fsp3) is 0.571. The lowest BCUT2D eigenvalue weighted by molar-refractivity contribution is 0.366. The predicted octanol–water partition coefficient (Wildman–Crippen LogP) is 1.57. The van der Waals surface area contributed by atoms with E-state index in [-0.39, 0.29) is 0 Å². The van der Waals surface area contributed by atoms with Crippen molar-refractivity contribution in [2.24, 2.45) is 0 Å². The number of nitrogens with one attached hydrogen (secondary N) is 1. The van der Waals surface area contributed by atoms with Crippen LogP contribution in [0.2, 0.25) is 0 Å². The van der Waals surface area contributed by atoms with Crippen molar-refractivity contribution in [2.45, 2.75) is 13.0 Å². The van der Waals surface area contributed by atoms with Crippen molar-refractivity contribution in [3.8, 4) is 17.2 Å². The Kier molecular flexibility index (Phi) is 7.40. The fourth-order valence-corrected chi connectivity index (χ4v) is 2.42. The average molecular weight is 301 g/mol. The van der Waals surface area contributed by atoms with Crippen molar-refractivity contribution in [1.29, 1.82) is 0 Å². The van der Waals surface area contributed by atoms with Gasteiger partial charge in [0.15, 0.2) is 0 Å². The van der Waals surface area contributed by atoms with Crippen LogP contribution >= 0.6 is 0 Å². The molecule has 0 amide bonds. The standard InChI is InChI=1S/C14H23NO4S/c1-17-11-8-13(18-2)12(14(9-11)19-3)10-15-6-5-7-20(4)16/h8-9,15H,5-7,10H2,1-4H3. The van der Waals surface area contributed by atoms with Crippen LogP contribution in [0.3, 0.4) is 0 Å². The minimum Gasteiger partial charge on any atom is -0.496 e. The summed E-state index contributed by atoms with van der Waals surface area (Å²) in [7, 11) is 4.12. The van der Waals surface area contributed by atoms with Gasteiger partial charge in [-0.25, -0.2) is 0 Å². The molecule has 0 saturated carbocycles. The van der Waals surface area contributed by atoms with Crippen LogP contribution in [0, 0.1) is 0 Å². The largest absolute Gasteiger partial charge is 0.496 e. The Morgan fingerprint density at radius 2 is 1.70 bits per heavy atom. The van der Waals surface area contributed by atoms with E-state index in [0.29, 0.717) is 18.0 Å². The second-order valence-electron chi connectivity index (χ2n) is 4.32. The molecule has 0 bridgehead atoms. The van der Waals surface area contributed by atoms with Gasteiger partial charge in [0.2, 0.25) is 0 Å². The van der Waals surface area contributed by atoms with Crippen LogP contribution in [0.15, 0.2) is 12.1 Å². The Morgan fingerprint density at radius 3 is 2.15 bits per heavy atom. The fourth-order valence-electron chi connectivity index (χ4n) is 1.87. The van der Waals surface area contributed by atoms with Crippen LogP contribution in [-0.4, -0.2) is 44.1 Å². The van der Waals surface area contributed by atoms with E-state index in [9.17, 15) is 4.21 Å². The van der Waals surface area contributed by atoms with Crippen LogP contribution in [-0.2, 0) is 17.3 Å². The number of rotatable bonds is 9. The zero-order valence-corrected chi connectivity index (χ0v) is 13.3. The highest BCUT2D eigenvalue weighted by atomic mass is 32.2. The topological polar surface area (TPSA) is 56.8 Å². The summed E-state index contributed by atoms with van der Waals surface area (Å²) in [6.07, 6.45) is 2.60. The number of hydrogen-bond donors (Lipinski definition) is 1. The molecule has 1 N–H and O–H groups in total. The van der Waals surface area contributed by atoms with Crippen LogP contribution in [0.1, 0.15) is 12.0 Å². The summed E-state index contributed by atoms with van der Waals surface area (Å²) in [5.74, 6) is 2.87. The highest BCUT2D eigenvalue weighted by Crippen LogP contribution is 2.33. The van der Waals surface area contributed by atoms with E-state index in [0.717, 1.165) is 30.0 Å². The first-order chi connectivity index (χ1) is 9.62. The maximum Gasteiger partial charge on any atom is 0.130 e. The number of methoxy groups -OCH3 is 3. The molecular formula is C14H23NO4S. The maximum atomic E-state index is 11.0. The van der Waals surface area contributed by atoms with Gasteiger partial charge in [-0.3, -0.25) is 4.21 Å². The van der Waals surface area contributed by atoms with Gasteiger partial charge in [0.05, 0.1) is 26.9 Å². The van der Waals surface area contributed by atoms with Crippen molar-refractivity contribution in [3.05, 3.63) is 17.7 Å². The van der Waals surface area contributed by atoms with Gasteiger partial charge in [0, 0.05) is 41.5 Å². The molecule has 1 aromatic rings. The summed E-state index contributed by atoms with van der Waals surface area (Å²) in [5, 5.41) is 3.31. The molecule has 1 atom stereocenters. The Morgan fingerprint density at radius 1 is 1.10 bits per heavy atom. The molecule has 0 saturated heterocycles. The summed E-state index contributed by atoms with van der Waals surface area (Å²) >= 11 is 0. The van der Waals surface area contributed by atoms with Crippen LogP contribution in [0.25, 0.3) is 0 Å². The third-order valence-electron chi connectivity index (χ3n) is 2.90. The van der Waals surface area contributed by atoms with E-state index in [2.05, 4.69) is 5.32 Å². The van der Waals surface area contributed by atoms with Gasteiger partial charge < -0.3 is 19.5 Å². The molecule has 0 fully saturated rings. The zero-order chi connectivity index (χ0) is 15.0. The Balaban J connectivity index is 2.69. The van der Waals surface area contributed by atoms with Crippen molar-refractivity contribution in [1.82, 2.24) is 5.32 Å². The monoisotopic (exact) mass is 301 g/mol. The third-order valence-corrected chi connectivity index (χ3v) is 3.77. The lowest BCUT2D eigenvalue weighted by Crippen LogP contribution is -2.17. The van der Waals surface area contributed by atoms with Gasteiger partial charge >= 0.3 is 0 Å². The van der Waals surface area contributed by atoms with E-state index in [1.165, 1.54) is 0 Å². The van der Waals surface area contributed by atoms with Crippen molar-refractivity contribution in [2.75, 3.05) is 39.9 Å². The van der Waals surface area contributed by atoms with Crippen molar-refractivity contribution >= 4 is 10.8 Å². The second-order valence-corrected chi connectivity index (χ2v) is 5.87. The predicted molar refractivity (Wildman–Crippen MR) is 81.4 cm³/mol. The molecule has 6 heteroatoms. The molecule has 0 aliphatic heterocycles. The number of benzene rings is 1. The molecule has 0 aromatic heterocycles. The molecule has 0 aliphatic carbocycles. The van der Waals surface area contributed by atoms with Crippen molar-refractivity contribution < 1.29 is 18.4 Å². The van der Waals surface area contributed by atoms with Crippen LogP contribution in [0.5, 0.6) is 17.2 Å². The Hall–Kier alpha value is -1.27. The molecular weight excluding hydrogens is 278 g/mol. The van der Waals surface area contributed by atoms with Gasteiger partial charge in [-0.05, 0) is 13.0 Å². The molecule has 114 valence electrons. The van der Waals surface area contributed by atoms with E-state index in [1.807, 2.05) is 12.1 Å². The highest BCUT2D eigenvalue weighted by molar-refractivity contribution is 7.84. The van der Waals surface area contributed by atoms with Crippen molar-refractivity contribution in [3.63, 3.8) is 0 Å². The van der Waals surface area contributed by atoms with Gasteiger partial charge in [-0.2, -0.15) is 0 Å². The Bertz CT molecular complexity index is 426. The molecule has 1 rings (SSSR count). The lowest BCUT2D eigenvalue weighted by atomic mass is 10.1. The molecule has 0 spiro atoms. The second kappa shape index (κ2) is 8.81. The van der Waals surface area contributed by atoms with Gasteiger partial charge in [0.1, 0.15) is 17.2 Å². The quantitative estimate of drug-likeness (QED) is 0.702. The van der Waals surface area contributed by atoms with Gasteiger partial charge in [-0.1, -0.05) is 0 Å². The van der Waals surface area contributed by atoms with E-state index in [4.69, 9.17) is 14.2 Å². The van der Waals surface area contributed by atoms with E-state index >= 15 is 0 Å². The summed E-state index contributed by atoms with van der Waals surface area (Å²) in [6, 6.07) is 3.67. The molecule has 1 unspecified atom stereocenters. The van der Waals surface area contributed by atoms with E-state index in [1.54, 1.807) is 27.6 Å². The zero-order valence-electron chi connectivity index (χ0n) is 12.5. The number of hydrogen-bond acceptors (Lipinski definition) is 5. The number of ether oxygens (including phenoxy) is 3. The minimum absolute atomic E-state index is 0.632. The first kappa shape index (κ1) is 16.8. The first-order valence-corrected chi connectivity index (χ1v) is 8.14. The SMILES string of the molecule is COc1cc(OC)c(CNCCCS(C)=O)c(OC)c1. The van der Waals surface area contributed by atoms with Crippen LogP contribution < -0.4 is 19.5 Å². The highest BCUT2D eigenvalue weighted by Gasteiger charge is 2.12. The molecule has 20 heavy (non-hydrogen) atoms. The van der Waals surface area contributed by atoms with Crippen LogP contribution in [0.4, 0.5) is 0 Å². The molecule has 5 nitrogen and oxygen atoms in total. The average Bonchev–Trinajstić information content (AvgIpc) is 2.46. The van der Waals surface area contributed by atoms with E-state index < -0.39 is 10.8 Å². The molecule has 0 radical (unpaired) electrons. The minimum atomic E-state index is -0.736. The summed E-state index contributed by atoms with van der Waals surface area (Å²) in [4.78, 5) is 0. The smallest absolute Gasteiger partial charge is 0.130 e. The molecule has 1 aromatic carbocycles. The van der Waals surface area contributed by atoms with Gasteiger partial charge in [-0.15, -0.1) is 0 Å². The summed E-state index contributed by atoms with van der Waals surface area (Å²) in [5.41, 5.74) is 0.952. The third kappa shape index (κ3) is 5.02.